The molecule has 1 unspecified atom stereocenters. The number of likely N-dealkylation sites (N-methyl/N-ethyl adjacent to an activating group) is 1. The zero-order valence-electron chi connectivity index (χ0n) is 19.7. The summed E-state index contributed by atoms with van der Waals surface area (Å²) in [4.78, 5) is 40.9. The average Bonchev–Trinajstić information content (AvgIpc) is 3.03. The van der Waals surface area contributed by atoms with Gasteiger partial charge in [-0.15, -0.1) is 0 Å². The predicted molar refractivity (Wildman–Crippen MR) is 123 cm³/mol. The number of ether oxygens (including phenoxy) is 2. The molecule has 1 atom stereocenters. The van der Waals surface area contributed by atoms with Gasteiger partial charge < -0.3 is 24.4 Å². The van der Waals surface area contributed by atoms with Crippen LogP contribution in [0.2, 0.25) is 0 Å². The number of nitrogens with zero attached hydrogens (tertiary/aromatic N) is 2. The molecule has 0 spiro atoms. The molecule has 8 nitrogen and oxygen atoms in total. The maximum Gasteiger partial charge on any atom is 0.308 e. The average molecular weight is 470 g/mol. The van der Waals surface area contributed by atoms with Gasteiger partial charge in [0, 0.05) is 25.6 Å². The van der Waals surface area contributed by atoms with Crippen LogP contribution in [0.25, 0.3) is 5.76 Å². The van der Waals surface area contributed by atoms with E-state index in [1.807, 2.05) is 19.0 Å². The molecule has 0 radical (unpaired) electrons. The summed E-state index contributed by atoms with van der Waals surface area (Å²) in [5.41, 5.74) is 0.802. The van der Waals surface area contributed by atoms with Crippen LogP contribution in [0, 0.1) is 12.7 Å². The zero-order chi connectivity index (χ0) is 25.2. The van der Waals surface area contributed by atoms with Crippen molar-refractivity contribution in [1.82, 2.24) is 9.80 Å². The number of ketones is 1. The Balaban J connectivity index is 2.21. The minimum Gasteiger partial charge on any atom is -0.507 e. The number of Topliss-reactive ketones (excluding diaryl/α,β-unsaturated/α-hetero) is 1. The van der Waals surface area contributed by atoms with E-state index in [4.69, 9.17) is 9.47 Å². The third kappa shape index (κ3) is 4.94. The van der Waals surface area contributed by atoms with Crippen molar-refractivity contribution in [2.75, 3.05) is 34.3 Å². The third-order valence-electron chi connectivity index (χ3n) is 5.52. The summed E-state index contributed by atoms with van der Waals surface area (Å²) in [5.74, 6) is -2.66. The van der Waals surface area contributed by atoms with Crippen molar-refractivity contribution in [2.45, 2.75) is 19.9 Å². The lowest BCUT2D eigenvalue weighted by Gasteiger charge is -2.27. The third-order valence-corrected chi connectivity index (χ3v) is 5.52. The first-order chi connectivity index (χ1) is 16.0. The van der Waals surface area contributed by atoms with Gasteiger partial charge in [0.25, 0.3) is 11.7 Å². The lowest BCUT2D eigenvalue weighted by Crippen LogP contribution is -2.35. The van der Waals surface area contributed by atoms with Crippen LogP contribution in [0.1, 0.15) is 29.7 Å². The van der Waals surface area contributed by atoms with E-state index in [0.29, 0.717) is 17.9 Å². The highest BCUT2D eigenvalue weighted by atomic mass is 19.1. The Morgan fingerprint density at radius 1 is 1.15 bits per heavy atom. The van der Waals surface area contributed by atoms with Crippen molar-refractivity contribution in [3.63, 3.8) is 0 Å². The highest BCUT2D eigenvalue weighted by molar-refractivity contribution is 6.46. The molecular weight excluding hydrogens is 443 g/mol. The second-order valence-corrected chi connectivity index (χ2v) is 8.26. The van der Waals surface area contributed by atoms with Crippen LogP contribution in [0.15, 0.2) is 42.0 Å². The topological polar surface area (TPSA) is 96.4 Å². The summed E-state index contributed by atoms with van der Waals surface area (Å²) in [5, 5.41) is 11.1. The minimum atomic E-state index is -0.953. The van der Waals surface area contributed by atoms with E-state index >= 15 is 0 Å². The number of halogens is 1. The summed E-state index contributed by atoms with van der Waals surface area (Å²) in [6, 6.07) is 7.69. The molecule has 1 saturated heterocycles. The first-order valence-corrected chi connectivity index (χ1v) is 10.6. The number of carbonyl (C=O) groups excluding carboxylic acids is 3. The van der Waals surface area contributed by atoms with Crippen molar-refractivity contribution < 1.29 is 33.4 Å². The number of aliphatic hydroxyl groups is 1. The van der Waals surface area contributed by atoms with E-state index in [1.54, 1.807) is 12.1 Å². The van der Waals surface area contributed by atoms with E-state index in [-0.39, 0.29) is 29.0 Å². The van der Waals surface area contributed by atoms with Crippen LogP contribution in [0.3, 0.4) is 0 Å². The van der Waals surface area contributed by atoms with Gasteiger partial charge in [0.15, 0.2) is 11.5 Å². The lowest BCUT2D eigenvalue weighted by molar-refractivity contribution is -0.140. The molecule has 3 rings (SSSR count). The molecule has 1 fully saturated rings. The van der Waals surface area contributed by atoms with Crippen LogP contribution in [0.5, 0.6) is 11.5 Å². The van der Waals surface area contributed by atoms with Crippen LogP contribution in [0.4, 0.5) is 4.39 Å². The number of aliphatic hydroxyl groups excluding tert-OH is 1. The summed E-state index contributed by atoms with van der Waals surface area (Å²) in [6.07, 6.45) is 0. The quantitative estimate of drug-likeness (QED) is 0.218. The molecule has 1 aliphatic heterocycles. The second-order valence-electron chi connectivity index (χ2n) is 8.26. The first-order valence-electron chi connectivity index (χ1n) is 10.6. The fourth-order valence-electron chi connectivity index (χ4n) is 3.81. The fraction of sp³-hybridized carbons (Fsp3) is 0.320. The molecule has 2 aromatic rings. The molecule has 9 heteroatoms. The van der Waals surface area contributed by atoms with Crippen LogP contribution in [-0.4, -0.2) is 66.9 Å². The zero-order valence-corrected chi connectivity index (χ0v) is 19.7. The first kappa shape index (κ1) is 24.9. The van der Waals surface area contributed by atoms with Crippen molar-refractivity contribution in [3.05, 3.63) is 64.5 Å². The number of hydrogen-bond donors (Lipinski definition) is 1. The van der Waals surface area contributed by atoms with Crippen LogP contribution in [-0.2, 0) is 14.4 Å². The molecule has 1 aliphatic rings. The highest BCUT2D eigenvalue weighted by Gasteiger charge is 2.46. The van der Waals surface area contributed by atoms with Gasteiger partial charge in [-0.2, -0.15) is 0 Å². The standard InChI is InChI=1S/C25H27FN2O6/c1-14-12-17(6-8-18(14)26)23(30)21-22(28(11-10-27(3)4)25(32)24(21)31)16-7-9-19(33-5)20(13-16)34-15(2)29/h6-9,12-13,22,30H,10-11H2,1-5H3/b23-21-. The van der Waals surface area contributed by atoms with Gasteiger partial charge in [0.1, 0.15) is 11.6 Å². The lowest BCUT2D eigenvalue weighted by atomic mass is 9.94. The number of hydrogen-bond acceptors (Lipinski definition) is 7. The molecule has 1 amide bonds. The summed E-state index contributed by atoms with van der Waals surface area (Å²) >= 11 is 0. The van der Waals surface area contributed by atoms with Gasteiger partial charge in [-0.25, -0.2) is 4.39 Å². The number of benzene rings is 2. The Morgan fingerprint density at radius 3 is 2.44 bits per heavy atom. The van der Waals surface area contributed by atoms with Gasteiger partial charge in [0.05, 0.1) is 18.7 Å². The Hall–Kier alpha value is -3.72. The Bertz CT molecular complexity index is 1170. The maximum absolute atomic E-state index is 13.8. The second kappa shape index (κ2) is 10.0. The summed E-state index contributed by atoms with van der Waals surface area (Å²) < 4.78 is 24.3. The van der Waals surface area contributed by atoms with E-state index in [9.17, 15) is 23.9 Å². The number of methoxy groups -OCH3 is 1. The van der Waals surface area contributed by atoms with E-state index in [1.165, 1.54) is 50.1 Å². The molecule has 0 aromatic heterocycles. The van der Waals surface area contributed by atoms with E-state index in [2.05, 4.69) is 0 Å². The normalized spacial score (nSPS) is 17.4. The van der Waals surface area contributed by atoms with Gasteiger partial charge in [0.2, 0.25) is 0 Å². The fourth-order valence-corrected chi connectivity index (χ4v) is 3.81. The largest absolute Gasteiger partial charge is 0.507 e. The Kier molecular flexibility index (Phi) is 7.36. The van der Waals surface area contributed by atoms with E-state index < -0.39 is 35.3 Å². The van der Waals surface area contributed by atoms with Gasteiger partial charge in [-0.1, -0.05) is 6.07 Å². The number of amides is 1. The molecule has 0 saturated carbocycles. The van der Waals surface area contributed by atoms with Crippen molar-refractivity contribution >= 4 is 23.4 Å². The smallest absolute Gasteiger partial charge is 0.308 e. The van der Waals surface area contributed by atoms with Gasteiger partial charge in [-0.05, 0) is 62.5 Å². The number of likely N-dealkylation sites (tertiary alicyclic amines) is 1. The van der Waals surface area contributed by atoms with Gasteiger partial charge in [-0.3, -0.25) is 14.4 Å². The number of aryl methyl sites for hydroxylation is 1. The minimum absolute atomic E-state index is 0.114. The van der Waals surface area contributed by atoms with Gasteiger partial charge >= 0.3 is 5.97 Å². The van der Waals surface area contributed by atoms with Crippen molar-refractivity contribution in [2.24, 2.45) is 0 Å². The molecule has 1 heterocycles. The van der Waals surface area contributed by atoms with Crippen molar-refractivity contribution in [3.8, 4) is 11.5 Å². The van der Waals surface area contributed by atoms with E-state index in [0.717, 1.165) is 0 Å². The predicted octanol–water partition coefficient (Wildman–Crippen LogP) is 3.05. The molecule has 1 N–H and O–H groups in total. The van der Waals surface area contributed by atoms with Crippen LogP contribution >= 0.6 is 0 Å². The monoisotopic (exact) mass is 470 g/mol. The molecule has 0 bridgehead atoms. The number of rotatable bonds is 7. The Labute approximate surface area is 197 Å². The Morgan fingerprint density at radius 2 is 1.85 bits per heavy atom. The molecular formula is C25H27FN2O6. The number of carbonyl (C=O) groups is 3. The summed E-state index contributed by atoms with van der Waals surface area (Å²) in [6.45, 7) is 3.45. The molecule has 180 valence electrons. The van der Waals surface area contributed by atoms with Crippen LogP contribution < -0.4 is 9.47 Å². The molecule has 0 aliphatic carbocycles. The molecule has 2 aromatic carbocycles. The number of esters is 1. The maximum atomic E-state index is 13.8. The highest BCUT2D eigenvalue weighted by Crippen LogP contribution is 2.42. The SMILES string of the molecule is COc1ccc(C2/C(=C(/O)c3ccc(F)c(C)c3)C(=O)C(=O)N2CCN(C)C)cc1OC(C)=O. The molecule has 34 heavy (non-hydrogen) atoms. The summed E-state index contributed by atoms with van der Waals surface area (Å²) in [7, 11) is 5.08. The van der Waals surface area contributed by atoms with Crippen molar-refractivity contribution in [1.29, 1.82) is 0 Å².